The van der Waals surface area contributed by atoms with Crippen LogP contribution >= 0.6 is 0 Å². The highest BCUT2D eigenvalue weighted by Gasteiger charge is 2.14. The Labute approximate surface area is 157 Å². The van der Waals surface area contributed by atoms with Crippen molar-refractivity contribution in [1.29, 1.82) is 0 Å². The summed E-state index contributed by atoms with van der Waals surface area (Å²) in [5.41, 5.74) is 0.892. The van der Waals surface area contributed by atoms with Crippen LogP contribution in [0.15, 0.2) is 42.5 Å². The summed E-state index contributed by atoms with van der Waals surface area (Å²) in [7, 11) is 0. The largest absolute Gasteiger partial charge is 0.494 e. The Kier molecular flexibility index (Phi) is 6.14. The summed E-state index contributed by atoms with van der Waals surface area (Å²) in [6.07, 6.45) is 0.803. The van der Waals surface area contributed by atoms with E-state index in [1.54, 1.807) is 42.5 Å². The molecule has 0 spiro atoms. The SMILES string of the molecule is CCOc1ccc(C(=O)OCC(=O)Nc2ccc3c(c2)OCCCO3)cc1. The minimum Gasteiger partial charge on any atom is -0.494 e. The van der Waals surface area contributed by atoms with Crippen LogP contribution in [0.25, 0.3) is 0 Å². The fourth-order valence-corrected chi connectivity index (χ4v) is 2.51. The fourth-order valence-electron chi connectivity index (χ4n) is 2.51. The second-order valence-corrected chi connectivity index (χ2v) is 5.79. The zero-order valence-corrected chi connectivity index (χ0v) is 15.0. The number of carbonyl (C=O) groups excluding carboxylic acids is 2. The summed E-state index contributed by atoms with van der Waals surface area (Å²) >= 11 is 0. The number of fused-ring (bicyclic) bond motifs is 1. The van der Waals surface area contributed by atoms with E-state index < -0.39 is 11.9 Å². The monoisotopic (exact) mass is 371 g/mol. The molecule has 0 atom stereocenters. The van der Waals surface area contributed by atoms with E-state index in [9.17, 15) is 9.59 Å². The highest BCUT2D eigenvalue weighted by atomic mass is 16.5. The van der Waals surface area contributed by atoms with E-state index in [0.717, 1.165) is 6.42 Å². The molecule has 1 heterocycles. The first kappa shape index (κ1) is 18.6. The highest BCUT2D eigenvalue weighted by molar-refractivity contribution is 5.95. The van der Waals surface area contributed by atoms with Gasteiger partial charge in [0.15, 0.2) is 18.1 Å². The molecule has 0 saturated heterocycles. The van der Waals surface area contributed by atoms with E-state index in [1.165, 1.54) is 0 Å². The van der Waals surface area contributed by atoms with Crippen LogP contribution in [0.4, 0.5) is 5.69 Å². The first-order chi connectivity index (χ1) is 13.2. The average molecular weight is 371 g/mol. The van der Waals surface area contributed by atoms with Crippen LogP contribution in [-0.4, -0.2) is 38.3 Å². The first-order valence-corrected chi connectivity index (χ1v) is 8.75. The summed E-state index contributed by atoms with van der Waals surface area (Å²) in [6.45, 7) is 3.19. The lowest BCUT2D eigenvalue weighted by molar-refractivity contribution is -0.119. The van der Waals surface area contributed by atoms with E-state index in [2.05, 4.69) is 5.32 Å². The van der Waals surface area contributed by atoms with Gasteiger partial charge in [0.25, 0.3) is 5.91 Å². The van der Waals surface area contributed by atoms with Gasteiger partial charge in [0, 0.05) is 18.2 Å². The lowest BCUT2D eigenvalue weighted by Gasteiger charge is -2.11. The third-order valence-electron chi connectivity index (χ3n) is 3.77. The van der Waals surface area contributed by atoms with Gasteiger partial charge in [-0.3, -0.25) is 4.79 Å². The maximum Gasteiger partial charge on any atom is 0.338 e. The van der Waals surface area contributed by atoms with Gasteiger partial charge < -0.3 is 24.3 Å². The molecule has 142 valence electrons. The first-order valence-electron chi connectivity index (χ1n) is 8.75. The average Bonchev–Trinajstić information content (AvgIpc) is 2.92. The highest BCUT2D eigenvalue weighted by Crippen LogP contribution is 2.32. The topological polar surface area (TPSA) is 83.1 Å². The third-order valence-corrected chi connectivity index (χ3v) is 3.77. The van der Waals surface area contributed by atoms with Crippen molar-refractivity contribution >= 4 is 17.6 Å². The van der Waals surface area contributed by atoms with Gasteiger partial charge in [-0.1, -0.05) is 0 Å². The van der Waals surface area contributed by atoms with Crippen LogP contribution in [0, 0.1) is 0 Å². The van der Waals surface area contributed by atoms with Crippen molar-refractivity contribution in [3.05, 3.63) is 48.0 Å². The number of amides is 1. The van der Waals surface area contributed by atoms with Crippen LogP contribution < -0.4 is 19.5 Å². The number of carbonyl (C=O) groups is 2. The number of nitrogens with one attached hydrogen (secondary N) is 1. The molecular weight excluding hydrogens is 350 g/mol. The van der Waals surface area contributed by atoms with Crippen molar-refractivity contribution in [3.63, 3.8) is 0 Å². The second-order valence-electron chi connectivity index (χ2n) is 5.79. The number of hydrogen-bond donors (Lipinski definition) is 1. The zero-order valence-electron chi connectivity index (χ0n) is 15.0. The molecule has 0 radical (unpaired) electrons. The number of rotatable bonds is 6. The zero-order chi connectivity index (χ0) is 19.1. The van der Waals surface area contributed by atoms with Gasteiger partial charge in [-0.25, -0.2) is 4.79 Å². The van der Waals surface area contributed by atoms with Crippen LogP contribution in [0.5, 0.6) is 17.2 Å². The number of anilines is 1. The number of ether oxygens (including phenoxy) is 4. The predicted octanol–water partition coefficient (Wildman–Crippen LogP) is 3.04. The predicted molar refractivity (Wildman–Crippen MR) is 98.6 cm³/mol. The van der Waals surface area contributed by atoms with Crippen LogP contribution in [0.1, 0.15) is 23.7 Å². The summed E-state index contributed by atoms with van der Waals surface area (Å²) < 4.78 is 21.5. The smallest absolute Gasteiger partial charge is 0.338 e. The molecule has 0 aliphatic carbocycles. The van der Waals surface area contributed by atoms with Crippen molar-refractivity contribution in [2.75, 3.05) is 31.7 Å². The molecule has 1 aliphatic heterocycles. The summed E-state index contributed by atoms with van der Waals surface area (Å²) in [4.78, 5) is 24.1. The molecular formula is C20H21NO6. The summed E-state index contributed by atoms with van der Waals surface area (Å²) in [5.74, 6) is 0.876. The van der Waals surface area contributed by atoms with Gasteiger partial charge in [0.05, 0.1) is 25.4 Å². The van der Waals surface area contributed by atoms with Crippen molar-refractivity contribution in [3.8, 4) is 17.2 Å². The van der Waals surface area contributed by atoms with Gasteiger partial charge >= 0.3 is 5.97 Å². The molecule has 0 fully saturated rings. The normalized spacial score (nSPS) is 12.6. The van der Waals surface area contributed by atoms with Gasteiger partial charge in [0.1, 0.15) is 5.75 Å². The molecule has 0 aromatic heterocycles. The maximum absolute atomic E-state index is 12.0. The minimum atomic E-state index is -0.577. The Bertz CT molecular complexity index is 803. The van der Waals surface area contributed by atoms with E-state index in [-0.39, 0.29) is 6.61 Å². The fraction of sp³-hybridized carbons (Fsp3) is 0.300. The third kappa shape index (κ3) is 5.13. The van der Waals surface area contributed by atoms with E-state index in [0.29, 0.717) is 48.3 Å². The molecule has 27 heavy (non-hydrogen) atoms. The summed E-state index contributed by atoms with van der Waals surface area (Å²) in [6, 6.07) is 11.7. The Hall–Kier alpha value is -3.22. The molecule has 0 bridgehead atoms. The van der Waals surface area contributed by atoms with Crippen LogP contribution in [0.2, 0.25) is 0 Å². The minimum absolute atomic E-state index is 0.349. The van der Waals surface area contributed by atoms with Crippen molar-refractivity contribution in [2.45, 2.75) is 13.3 Å². The van der Waals surface area contributed by atoms with Crippen LogP contribution in [-0.2, 0) is 9.53 Å². The van der Waals surface area contributed by atoms with E-state index in [1.807, 2.05) is 6.92 Å². The van der Waals surface area contributed by atoms with E-state index >= 15 is 0 Å². The summed E-state index contributed by atoms with van der Waals surface area (Å²) in [5, 5.41) is 2.67. The van der Waals surface area contributed by atoms with Gasteiger partial charge in [0.2, 0.25) is 0 Å². The standard InChI is InChI=1S/C20H21NO6/c1-2-24-16-7-4-14(5-8-16)20(23)27-13-19(22)21-15-6-9-17-18(12-15)26-11-3-10-25-17/h4-9,12H,2-3,10-11,13H2,1H3,(H,21,22). The molecule has 7 nitrogen and oxygen atoms in total. The lowest BCUT2D eigenvalue weighted by Crippen LogP contribution is -2.21. The second kappa shape index (κ2) is 8.93. The van der Waals surface area contributed by atoms with Gasteiger partial charge in [-0.2, -0.15) is 0 Å². The molecule has 0 saturated carbocycles. The molecule has 1 amide bonds. The molecule has 2 aromatic rings. The molecule has 0 unspecified atom stereocenters. The molecule has 2 aromatic carbocycles. The quantitative estimate of drug-likeness (QED) is 0.786. The molecule has 1 N–H and O–H groups in total. The maximum atomic E-state index is 12.0. The van der Waals surface area contributed by atoms with Gasteiger partial charge in [-0.05, 0) is 43.3 Å². The van der Waals surface area contributed by atoms with Crippen LogP contribution in [0.3, 0.4) is 0 Å². The Morgan fingerprint density at radius 1 is 1.04 bits per heavy atom. The van der Waals surface area contributed by atoms with Crippen molar-refractivity contribution < 1.29 is 28.5 Å². The number of hydrogen-bond acceptors (Lipinski definition) is 6. The molecule has 3 rings (SSSR count). The van der Waals surface area contributed by atoms with Gasteiger partial charge in [-0.15, -0.1) is 0 Å². The number of benzene rings is 2. The Morgan fingerprint density at radius 3 is 2.52 bits per heavy atom. The Morgan fingerprint density at radius 2 is 1.78 bits per heavy atom. The van der Waals surface area contributed by atoms with Crippen molar-refractivity contribution in [2.24, 2.45) is 0 Å². The lowest BCUT2D eigenvalue weighted by atomic mass is 10.2. The van der Waals surface area contributed by atoms with Crippen molar-refractivity contribution in [1.82, 2.24) is 0 Å². The van der Waals surface area contributed by atoms with E-state index in [4.69, 9.17) is 18.9 Å². The Balaban J connectivity index is 1.52. The molecule has 7 heteroatoms. The molecule has 1 aliphatic rings. The number of esters is 1.